The molecule has 0 aliphatic heterocycles. The van der Waals surface area contributed by atoms with Crippen LogP contribution in [0.15, 0.2) is 18.2 Å². The second-order valence-electron chi connectivity index (χ2n) is 3.10. The Bertz CT molecular complexity index is 352. The third-order valence-corrected chi connectivity index (χ3v) is 1.90. The molecule has 1 aromatic rings. The van der Waals surface area contributed by atoms with Crippen LogP contribution >= 0.6 is 0 Å². The molecule has 0 amide bonds. The zero-order valence-corrected chi connectivity index (χ0v) is 8.17. The molecule has 1 atom stereocenters. The Labute approximate surface area is 82.2 Å². The van der Waals surface area contributed by atoms with Gasteiger partial charge in [0.15, 0.2) is 17.7 Å². The summed E-state index contributed by atoms with van der Waals surface area (Å²) in [6, 6.07) is 4.86. The first-order valence-electron chi connectivity index (χ1n) is 4.28. The van der Waals surface area contributed by atoms with E-state index in [1.807, 2.05) is 0 Å². The average molecular weight is 196 g/mol. The van der Waals surface area contributed by atoms with Gasteiger partial charge in [-0.2, -0.15) is 0 Å². The first-order valence-corrected chi connectivity index (χ1v) is 4.28. The summed E-state index contributed by atoms with van der Waals surface area (Å²) in [5, 5.41) is 7.10. The molecule has 0 spiro atoms. The van der Waals surface area contributed by atoms with Crippen molar-refractivity contribution in [3.8, 4) is 5.75 Å². The van der Waals surface area contributed by atoms with Crippen LogP contribution in [0.5, 0.6) is 5.75 Å². The summed E-state index contributed by atoms with van der Waals surface area (Å²) in [6.07, 6.45) is -0.605. The molecule has 1 rings (SSSR count). The number of nitrogens with one attached hydrogen (secondary N) is 1. The van der Waals surface area contributed by atoms with Gasteiger partial charge in [-0.3, -0.25) is 5.41 Å². The number of aryl methyl sites for hydroxylation is 1. The van der Waals surface area contributed by atoms with Crippen molar-refractivity contribution in [2.24, 2.45) is 5.73 Å². The molecule has 0 aliphatic carbocycles. The highest BCUT2D eigenvalue weighted by atomic mass is 19.1. The minimum absolute atomic E-state index is 0.120. The van der Waals surface area contributed by atoms with Gasteiger partial charge in [0.05, 0.1) is 0 Å². The molecule has 0 fully saturated rings. The summed E-state index contributed by atoms with van der Waals surface area (Å²) in [5.41, 5.74) is 5.72. The van der Waals surface area contributed by atoms with Gasteiger partial charge < -0.3 is 10.5 Å². The van der Waals surface area contributed by atoms with Gasteiger partial charge in [-0.05, 0) is 25.5 Å². The second-order valence-corrected chi connectivity index (χ2v) is 3.10. The normalized spacial score (nSPS) is 12.2. The number of rotatable bonds is 3. The number of amidine groups is 1. The van der Waals surface area contributed by atoms with E-state index in [9.17, 15) is 4.39 Å². The van der Waals surface area contributed by atoms with E-state index in [1.54, 1.807) is 26.0 Å². The Morgan fingerprint density at radius 2 is 2.21 bits per heavy atom. The number of benzene rings is 1. The van der Waals surface area contributed by atoms with Crippen LogP contribution in [0.25, 0.3) is 0 Å². The van der Waals surface area contributed by atoms with Gasteiger partial charge in [0.25, 0.3) is 0 Å². The average Bonchev–Trinajstić information content (AvgIpc) is 2.12. The molecule has 0 aromatic heterocycles. The lowest BCUT2D eigenvalue weighted by Gasteiger charge is -2.14. The van der Waals surface area contributed by atoms with Crippen LogP contribution in [0.4, 0.5) is 4.39 Å². The monoisotopic (exact) mass is 196 g/mol. The van der Waals surface area contributed by atoms with Crippen molar-refractivity contribution in [3.05, 3.63) is 29.6 Å². The van der Waals surface area contributed by atoms with Crippen LogP contribution in [0, 0.1) is 18.2 Å². The predicted octanol–water partition coefficient (Wildman–Crippen LogP) is 1.84. The molecule has 0 saturated carbocycles. The van der Waals surface area contributed by atoms with E-state index in [-0.39, 0.29) is 11.6 Å². The maximum atomic E-state index is 13.4. The Hall–Kier alpha value is -1.58. The highest BCUT2D eigenvalue weighted by molar-refractivity contribution is 5.81. The third-order valence-electron chi connectivity index (χ3n) is 1.90. The number of hydrogen-bond acceptors (Lipinski definition) is 2. The molecule has 76 valence electrons. The molecule has 1 aromatic carbocycles. The summed E-state index contributed by atoms with van der Waals surface area (Å²) in [5.74, 6) is -0.390. The molecule has 0 heterocycles. The van der Waals surface area contributed by atoms with Crippen molar-refractivity contribution < 1.29 is 9.13 Å². The number of hydrogen-bond donors (Lipinski definition) is 2. The predicted molar refractivity (Wildman–Crippen MR) is 53.1 cm³/mol. The summed E-state index contributed by atoms with van der Waals surface area (Å²) in [7, 11) is 0. The van der Waals surface area contributed by atoms with Gasteiger partial charge in [0.2, 0.25) is 0 Å². The van der Waals surface area contributed by atoms with Crippen LogP contribution in [0.2, 0.25) is 0 Å². The second kappa shape index (κ2) is 4.09. The fourth-order valence-electron chi connectivity index (χ4n) is 0.965. The van der Waals surface area contributed by atoms with Crippen LogP contribution < -0.4 is 10.5 Å². The lowest BCUT2D eigenvalue weighted by atomic mass is 10.2. The SMILES string of the molecule is Cc1cccc(OC(C)C(=N)N)c1F. The smallest absolute Gasteiger partial charge is 0.167 e. The molecule has 1 unspecified atom stereocenters. The number of nitrogens with two attached hydrogens (primary N) is 1. The van der Waals surface area contributed by atoms with Gasteiger partial charge in [-0.25, -0.2) is 4.39 Å². The van der Waals surface area contributed by atoms with E-state index in [1.165, 1.54) is 6.07 Å². The third kappa shape index (κ3) is 2.22. The summed E-state index contributed by atoms with van der Waals surface area (Å²) in [4.78, 5) is 0. The number of halogens is 1. The van der Waals surface area contributed by atoms with Crippen molar-refractivity contribution in [2.75, 3.05) is 0 Å². The summed E-state index contributed by atoms with van der Waals surface area (Å²) in [6.45, 7) is 3.25. The summed E-state index contributed by atoms with van der Waals surface area (Å²) >= 11 is 0. The Balaban J connectivity index is 2.87. The van der Waals surface area contributed by atoms with E-state index in [0.717, 1.165) is 0 Å². The minimum atomic E-state index is -0.605. The topological polar surface area (TPSA) is 59.1 Å². The van der Waals surface area contributed by atoms with Crippen molar-refractivity contribution in [3.63, 3.8) is 0 Å². The van der Waals surface area contributed by atoms with E-state index < -0.39 is 11.9 Å². The van der Waals surface area contributed by atoms with Gasteiger partial charge in [0.1, 0.15) is 5.84 Å². The molecule has 0 aliphatic rings. The van der Waals surface area contributed by atoms with Crippen LogP contribution in [-0.2, 0) is 0 Å². The van der Waals surface area contributed by atoms with Crippen molar-refractivity contribution >= 4 is 5.84 Å². The molecular formula is C10H13FN2O. The van der Waals surface area contributed by atoms with Crippen LogP contribution in [0.3, 0.4) is 0 Å². The quantitative estimate of drug-likeness (QED) is 0.572. The van der Waals surface area contributed by atoms with Gasteiger partial charge in [-0.15, -0.1) is 0 Å². The van der Waals surface area contributed by atoms with Gasteiger partial charge in [0, 0.05) is 0 Å². The van der Waals surface area contributed by atoms with Crippen molar-refractivity contribution in [1.29, 1.82) is 5.41 Å². The maximum absolute atomic E-state index is 13.4. The zero-order chi connectivity index (χ0) is 10.7. The Morgan fingerprint density at radius 3 is 2.79 bits per heavy atom. The minimum Gasteiger partial charge on any atom is -0.480 e. The highest BCUT2D eigenvalue weighted by Gasteiger charge is 2.11. The molecule has 0 bridgehead atoms. The standard InChI is InChI=1S/C10H13FN2O/c1-6-4-3-5-8(9(6)11)14-7(2)10(12)13/h3-5,7H,1-2H3,(H3,12,13). The fourth-order valence-corrected chi connectivity index (χ4v) is 0.965. The molecule has 14 heavy (non-hydrogen) atoms. The van der Waals surface area contributed by atoms with E-state index in [0.29, 0.717) is 5.56 Å². The maximum Gasteiger partial charge on any atom is 0.167 e. The molecule has 3 nitrogen and oxygen atoms in total. The zero-order valence-electron chi connectivity index (χ0n) is 8.17. The Kier molecular flexibility index (Phi) is 3.06. The fraction of sp³-hybridized carbons (Fsp3) is 0.300. The first kappa shape index (κ1) is 10.5. The van der Waals surface area contributed by atoms with Gasteiger partial charge in [-0.1, -0.05) is 12.1 Å². The molecular weight excluding hydrogens is 183 g/mol. The van der Waals surface area contributed by atoms with Gasteiger partial charge >= 0.3 is 0 Å². The van der Waals surface area contributed by atoms with E-state index in [4.69, 9.17) is 15.9 Å². The van der Waals surface area contributed by atoms with Crippen LogP contribution in [-0.4, -0.2) is 11.9 Å². The largest absolute Gasteiger partial charge is 0.480 e. The van der Waals surface area contributed by atoms with E-state index >= 15 is 0 Å². The lowest BCUT2D eigenvalue weighted by Crippen LogP contribution is -2.30. The lowest BCUT2D eigenvalue weighted by molar-refractivity contribution is 0.270. The first-order chi connectivity index (χ1) is 6.52. The molecule has 0 saturated heterocycles. The highest BCUT2D eigenvalue weighted by Crippen LogP contribution is 2.20. The molecule has 4 heteroatoms. The van der Waals surface area contributed by atoms with Crippen molar-refractivity contribution in [1.82, 2.24) is 0 Å². The molecule has 3 N–H and O–H groups in total. The Morgan fingerprint density at radius 1 is 1.57 bits per heavy atom. The van der Waals surface area contributed by atoms with Crippen LogP contribution in [0.1, 0.15) is 12.5 Å². The molecule has 0 radical (unpaired) electrons. The van der Waals surface area contributed by atoms with Crippen molar-refractivity contribution in [2.45, 2.75) is 20.0 Å². The van der Waals surface area contributed by atoms with E-state index in [2.05, 4.69) is 0 Å². The number of ether oxygens (including phenoxy) is 1. The summed E-state index contributed by atoms with van der Waals surface area (Å²) < 4.78 is 18.6.